The zero-order valence-electron chi connectivity index (χ0n) is 16.0. The summed E-state index contributed by atoms with van der Waals surface area (Å²) < 4.78 is 0. The van der Waals surface area contributed by atoms with Crippen molar-refractivity contribution in [1.82, 2.24) is 19.8 Å². The lowest BCUT2D eigenvalue weighted by molar-refractivity contribution is -0.130. The Balaban J connectivity index is 1.66. The van der Waals surface area contributed by atoms with E-state index in [4.69, 9.17) is 0 Å². The van der Waals surface area contributed by atoms with Crippen LogP contribution in [0.2, 0.25) is 0 Å². The third-order valence-corrected chi connectivity index (χ3v) is 4.66. The van der Waals surface area contributed by atoms with Gasteiger partial charge in [-0.2, -0.15) is 0 Å². The molecule has 0 bridgehead atoms. The SMILES string of the molecule is CC(=O)N1CCN(C(=O)c2cc(C)nc(NCc3ccc(C)cc3)n2)CC1. The molecule has 0 atom stereocenters. The minimum absolute atomic E-state index is 0.0440. The Hall–Kier alpha value is -2.96. The molecule has 142 valence electrons. The highest BCUT2D eigenvalue weighted by Crippen LogP contribution is 2.12. The molecule has 1 fully saturated rings. The fourth-order valence-corrected chi connectivity index (χ4v) is 3.03. The first-order valence-electron chi connectivity index (χ1n) is 9.12. The van der Waals surface area contributed by atoms with Crippen molar-refractivity contribution >= 4 is 17.8 Å². The minimum Gasteiger partial charge on any atom is -0.350 e. The number of carbonyl (C=O) groups excluding carboxylic acids is 2. The molecule has 7 nitrogen and oxygen atoms in total. The molecule has 1 aromatic carbocycles. The van der Waals surface area contributed by atoms with E-state index in [0.717, 1.165) is 11.3 Å². The molecule has 1 aliphatic rings. The lowest BCUT2D eigenvalue weighted by atomic mass is 10.1. The van der Waals surface area contributed by atoms with Crippen LogP contribution in [-0.4, -0.2) is 57.8 Å². The number of nitrogens with one attached hydrogen (secondary N) is 1. The Morgan fingerprint density at radius 3 is 2.26 bits per heavy atom. The Morgan fingerprint density at radius 1 is 1.00 bits per heavy atom. The average molecular weight is 367 g/mol. The molecule has 1 saturated heterocycles. The number of benzene rings is 1. The summed E-state index contributed by atoms with van der Waals surface area (Å²) in [6.07, 6.45) is 0. The number of aryl methyl sites for hydroxylation is 2. The van der Waals surface area contributed by atoms with Gasteiger partial charge in [-0.05, 0) is 25.5 Å². The van der Waals surface area contributed by atoms with Gasteiger partial charge in [0.05, 0.1) is 0 Å². The van der Waals surface area contributed by atoms with Gasteiger partial charge in [0.1, 0.15) is 5.69 Å². The summed E-state index contributed by atoms with van der Waals surface area (Å²) >= 11 is 0. The average Bonchev–Trinajstić information content (AvgIpc) is 2.66. The van der Waals surface area contributed by atoms with Gasteiger partial charge in [-0.15, -0.1) is 0 Å². The number of carbonyl (C=O) groups is 2. The molecule has 3 rings (SSSR count). The van der Waals surface area contributed by atoms with E-state index in [2.05, 4.69) is 46.5 Å². The van der Waals surface area contributed by atoms with Crippen LogP contribution < -0.4 is 5.32 Å². The Morgan fingerprint density at radius 2 is 1.63 bits per heavy atom. The first kappa shape index (κ1) is 18.8. The van der Waals surface area contributed by atoms with Crippen LogP contribution in [0.4, 0.5) is 5.95 Å². The number of hydrogen-bond acceptors (Lipinski definition) is 5. The van der Waals surface area contributed by atoms with Gasteiger partial charge in [0.15, 0.2) is 0 Å². The van der Waals surface area contributed by atoms with Gasteiger partial charge in [-0.25, -0.2) is 9.97 Å². The van der Waals surface area contributed by atoms with E-state index in [1.807, 2.05) is 6.92 Å². The van der Waals surface area contributed by atoms with Crippen molar-refractivity contribution < 1.29 is 9.59 Å². The predicted molar refractivity (Wildman–Crippen MR) is 103 cm³/mol. The molecule has 1 N–H and O–H groups in total. The van der Waals surface area contributed by atoms with E-state index in [1.54, 1.807) is 22.8 Å². The normalized spacial score (nSPS) is 14.2. The van der Waals surface area contributed by atoms with Gasteiger partial charge < -0.3 is 15.1 Å². The van der Waals surface area contributed by atoms with Crippen LogP contribution in [0.15, 0.2) is 30.3 Å². The second-order valence-electron chi connectivity index (χ2n) is 6.86. The first-order valence-corrected chi connectivity index (χ1v) is 9.12. The highest BCUT2D eigenvalue weighted by atomic mass is 16.2. The topological polar surface area (TPSA) is 78.4 Å². The van der Waals surface area contributed by atoms with Crippen LogP contribution in [0.3, 0.4) is 0 Å². The van der Waals surface area contributed by atoms with E-state index in [0.29, 0.717) is 44.4 Å². The Kier molecular flexibility index (Phi) is 5.69. The number of aromatic nitrogens is 2. The van der Waals surface area contributed by atoms with Gasteiger partial charge in [-0.3, -0.25) is 9.59 Å². The lowest BCUT2D eigenvalue weighted by Crippen LogP contribution is -2.50. The fraction of sp³-hybridized carbons (Fsp3) is 0.400. The number of anilines is 1. The van der Waals surface area contributed by atoms with Gasteiger partial charge in [-0.1, -0.05) is 29.8 Å². The highest BCUT2D eigenvalue weighted by molar-refractivity contribution is 5.93. The summed E-state index contributed by atoms with van der Waals surface area (Å²) in [6, 6.07) is 9.93. The third kappa shape index (κ3) is 4.81. The summed E-state index contributed by atoms with van der Waals surface area (Å²) in [5, 5.41) is 3.20. The molecule has 1 aromatic heterocycles. The molecular weight excluding hydrogens is 342 g/mol. The van der Waals surface area contributed by atoms with Crippen LogP contribution in [0.25, 0.3) is 0 Å². The van der Waals surface area contributed by atoms with Crippen molar-refractivity contribution in [2.24, 2.45) is 0 Å². The third-order valence-electron chi connectivity index (χ3n) is 4.66. The maximum absolute atomic E-state index is 12.8. The quantitative estimate of drug-likeness (QED) is 0.894. The molecule has 0 radical (unpaired) electrons. The smallest absolute Gasteiger partial charge is 0.272 e. The molecule has 2 amide bonds. The van der Waals surface area contributed by atoms with Crippen LogP contribution in [0.1, 0.15) is 34.2 Å². The summed E-state index contributed by atoms with van der Waals surface area (Å²) in [7, 11) is 0. The molecule has 0 unspecified atom stereocenters. The number of amides is 2. The highest BCUT2D eigenvalue weighted by Gasteiger charge is 2.24. The molecule has 27 heavy (non-hydrogen) atoms. The molecule has 2 aromatic rings. The number of hydrogen-bond donors (Lipinski definition) is 1. The van der Waals surface area contributed by atoms with Gasteiger partial charge in [0.2, 0.25) is 11.9 Å². The van der Waals surface area contributed by atoms with Crippen molar-refractivity contribution in [2.45, 2.75) is 27.3 Å². The summed E-state index contributed by atoms with van der Waals surface area (Å²) in [5.74, 6) is 0.367. The molecule has 7 heteroatoms. The zero-order chi connectivity index (χ0) is 19.4. The van der Waals surface area contributed by atoms with E-state index >= 15 is 0 Å². The summed E-state index contributed by atoms with van der Waals surface area (Å²) in [6.45, 7) is 8.21. The number of piperazine rings is 1. The second kappa shape index (κ2) is 8.16. The van der Waals surface area contributed by atoms with Crippen molar-refractivity contribution in [3.63, 3.8) is 0 Å². The zero-order valence-corrected chi connectivity index (χ0v) is 16.0. The van der Waals surface area contributed by atoms with Crippen molar-refractivity contribution in [3.8, 4) is 0 Å². The maximum atomic E-state index is 12.8. The molecule has 0 saturated carbocycles. The van der Waals surface area contributed by atoms with E-state index in [-0.39, 0.29) is 11.8 Å². The molecule has 0 spiro atoms. The molecular formula is C20H25N5O2. The van der Waals surface area contributed by atoms with Gasteiger partial charge in [0.25, 0.3) is 5.91 Å². The first-order chi connectivity index (χ1) is 12.9. The summed E-state index contributed by atoms with van der Waals surface area (Å²) in [4.78, 5) is 36.5. The number of rotatable bonds is 4. The van der Waals surface area contributed by atoms with Crippen LogP contribution in [0.5, 0.6) is 0 Å². The standard InChI is InChI=1S/C20H25N5O2/c1-14-4-6-17(7-5-14)13-21-20-22-15(2)12-18(23-20)19(27)25-10-8-24(9-11-25)16(3)26/h4-7,12H,8-11,13H2,1-3H3,(H,21,22,23). The van der Waals surface area contributed by atoms with Crippen LogP contribution >= 0.6 is 0 Å². The second-order valence-corrected chi connectivity index (χ2v) is 6.86. The molecule has 0 aliphatic carbocycles. The van der Waals surface area contributed by atoms with Crippen molar-refractivity contribution in [3.05, 3.63) is 52.8 Å². The summed E-state index contributed by atoms with van der Waals surface area (Å²) in [5.41, 5.74) is 3.45. The van der Waals surface area contributed by atoms with E-state index in [9.17, 15) is 9.59 Å². The van der Waals surface area contributed by atoms with E-state index in [1.165, 1.54) is 5.56 Å². The van der Waals surface area contributed by atoms with Crippen molar-refractivity contribution in [1.29, 1.82) is 0 Å². The maximum Gasteiger partial charge on any atom is 0.272 e. The van der Waals surface area contributed by atoms with Crippen molar-refractivity contribution in [2.75, 3.05) is 31.5 Å². The largest absolute Gasteiger partial charge is 0.350 e. The van der Waals surface area contributed by atoms with Gasteiger partial charge >= 0.3 is 0 Å². The van der Waals surface area contributed by atoms with Crippen LogP contribution in [-0.2, 0) is 11.3 Å². The van der Waals surface area contributed by atoms with E-state index < -0.39 is 0 Å². The monoisotopic (exact) mass is 367 g/mol. The number of nitrogens with zero attached hydrogens (tertiary/aromatic N) is 4. The Bertz CT molecular complexity index is 827. The predicted octanol–water partition coefficient (Wildman–Crippen LogP) is 2.01. The minimum atomic E-state index is -0.123. The lowest BCUT2D eigenvalue weighted by Gasteiger charge is -2.34. The van der Waals surface area contributed by atoms with Crippen LogP contribution in [0, 0.1) is 13.8 Å². The molecule has 2 heterocycles. The molecule has 1 aliphatic heterocycles. The fourth-order valence-electron chi connectivity index (χ4n) is 3.03. The van der Waals surface area contributed by atoms with Gasteiger partial charge in [0, 0.05) is 45.3 Å². The Labute approximate surface area is 159 Å².